The summed E-state index contributed by atoms with van der Waals surface area (Å²) in [6, 6.07) is 7.82. The highest BCUT2D eigenvalue weighted by molar-refractivity contribution is 5.98. The molecule has 3 atom stereocenters. The largest absolute Gasteiger partial charge is 0.481 e. The SMILES string of the molecule is CCCCCC(O)c1ccc([C@H]2C(=O)C=C[C@@H]2CC=CCCCC(=O)O)cc1. The molecule has 0 amide bonds. The third kappa shape index (κ3) is 6.75. The van der Waals surface area contributed by atoms with E-state index in [9.17, 15) is 14.7 Å². The Morgan fingerprint density at radius 1 is 1.14 bits per heavy atom. The zero-order valence-electron chi connectivity index (χ0n) is 16.7. The van der Waals surface area contributed by atoms with Crippen LogP contribution in [0.2, 0.25) is 0 Å². The highest BCUT2D eigenvalue weighted by Crippen LogP contribution is 2.35. The number of ketones is 1. The number of allylic oxidation sites excluding steroid dienone is 4. The summed E-state index contributed by atoms with van der Waals surface area (Å²) in [5, 5.41) is 19.0. The molecule has 1 aromatic carbocycles. The number of hydrogen-bond acceptors (Lipinski definition) is 3. The van der Waals surface area contributed by atoms with Gasteiger partial charge in [0.05, 0.1) is 12.0 Å². The van der Waals surface area contributed by atoms with Crippen molar-refractivity contribution < 1.29 is 19.8 Å². The quantitative estimate of drug-likeness (QED) is 0.377. The van der Waals surface area contributed by atoms with Crippen LogP contribution >= 0.6 is 0 Å². The normalized spacial score (nSPS) is 20.1. The molecular weight excluding hydrogens is 352 g/mol. The Morgan fingerprint density at radius 3 is 2.57 bits per heavy atom. The second-order valence-electron chi connectivity index (χ2n) is 7.57. The third-order valence-corrected chi connectivity index (χ3v) is 5.34. The Hall–Kier alpha value is -2.20. The summed E-state index contributed by atoms with van der Waals surface area (Å²) in [6.07, 6.45) is 13.6. The second kappa shape index (κ2) is 11.6. The van der Waals surface area contributed by atoms with Crippen LogP contribution in [0.15, 0.2) is 48.6 Å². The van der Waals surface area contributed by atoms with Gasteiger partial charge in [-0.05, 0) is 48.8 Å². The highest BCUT2D eigenvalue weighted by atomic mass is 16.4. The first kappa shape index (κ1) is 22.1. The second-order valence-corrected chi connectivity index (χ2v) is 7.57. The Labute approximate surface area is 168 Å². The molecule has 28 heavy (non-hydrogen) atoms. The smallest absolute Gasteiger partial charge is 0.303 e. The number of unbranched alkanes of at least 4 members (excludes halogenated alkanes) is 3. The van der Waals surface area contributed by atoms with E-state index >= 15 is 0 Å². The van der Waals surface area contributed by atoms with Crippen LogP contribution in [0.4, 0.5) is 0 Å². The molecule has 2 rings (SSSR count). The number of benzene rings is 1. The fourth-order valence-corrected chi connectivity index (χ4v) is 3.69. The van der Waals surface area contributed by atoms with Crippen LogP contribution in [-0.4, -0.2) is 22.0 Å². The van der Waals surface area contributed by atoms with Crippen molar-refractivity contribution in [2.75, 3.05) is 0 Å². The Balaban J connectivity index is 1.91. The number of carbonyl (C=O) groups is 2. The van der Waals surface area contributed by atoms with Crippen LogP contribution in [0.5, 0.6) is 0 Å². The summed E-state index contributed by atoms with van der Waals surface area (Å²) in [5.41, 5.74) is 1.90. The van der Waals surface area contributed by atoms with Gasteiger partial charge in [-0.25, -0.2) is 0 Å². The van der Waals surface area contributed by atoms with Crippen molar-refractivity contribution in [2.24, 2.45) is 5.92 Å². The van der Waals surface area contributed by atoms with Gasteiger partial charge in [0, 0.05) is 6.42 Å². The van der Waals surface area contributed by atoms with Gasteiger partial charge in [-0.2, -0.15) is 0 Å². The van der Waals surface area contributed by atoms with Gasteiger partial charge in [-0.15, -0.1) is 0 Å². The monoisotopic (exact) mass is 384 g/mol. The first-order chi connectivity index (χ1) is 13.5. The first-order valence-corrected chi connectivity index (χ1v) is 10.4. The minimum Gasteiger partial charge on any atom is -0.481 e. The van der Waals surface area contributed by atoms with Crippen molar-refractivity contribution in [2.45, 2.75) is 70.3 Å². The lowest BCUT2D eigenvalue weighted by Crippen LogP contribution is -2.13. The molecule has 0 bridgehead atoms. The summed E-state index contributed by atoms with van der Waals surface area (Å²) < 4.78 is 0. The average Bonchev–Trinajstić information content (AvgIpc) is 3.05. The molecule has 1 aliphatic rings. The van der Waals surface area contributed by atoms with E-state index in [4.69, 9.17) is 5.11 Å². The highest BCUT2D eigenvalue weighted by Gasteiger charge is 2.30. The predicted octanol–water partition coefficient (Wildman–Crippen LogP) is 5.34. The zero-order valence-corrected chi connectivity index (χ0v) is 16.7. The van der Waals surface area contributed by atoms with Crippen LogP contribution in [0.3, 0.4) is 0 Å². The molecule has 0 aliphatic heterocycles. The lowest BCUT2D eigenvalue weighted by Gasteiger charge is -2.18. The Morgan fingerprint density at radius 2 is 1.89 bits per heavy atom. The van der Waals surface area contributed by atoms with Gasteiger partial charge in [0.25, 0.3) is 0 Å². The van der Waals surface area contributed by atoms with Gasteiger partial charge >= 0.3 is 5.97 Å². The molecule has 0 saturated heterocycles. The summed E-state index contributed by atoms with van der Waals surface area (Å²) >= 11 is 0. The minimum atomic E-state index is -0.767. The van der Waals surface area contributed by atoms with Crippen molar-refractivity contribution in [3.8, 4) is 0 Å². The summed E-state index contributed by atoms with van der Waals surface area (Å²) in [4.78, 5) is 22.9. The molecule has 0 spiro atoms. The maximum absolute atomic E-state index is 12.4. The number of rotatable bonds is 12. The van der Waals surface area contributed by atoms with Crippen molar-refractivity contribution in [1.29, 1.82) is 0 Å². The van der Waals surface area contributed by atoms with Gasteiger partial charge in [-0.1, -0.05) is 68.7 Å². The van der Waals surface area contributed by atoms with Crippen molar-refractivity contribution >= 4 is 11.8 Å². The lowest BCUT2D eigenvalue weighted by atomic mass is 9.85. The standard InChI is InChI=1S/C24H32O4/c1-2-3-6-10-21(25)18-12-14-20(15-13-18)24-19(16-17-22(24)26)9-7-4-5-8-11-23(27)28/h4,7,12-17,19,21,24-25H,2-3,5-6,8-11H2,1H3,(H,27,28)/t19-,21?,24-/m0/s1. The van der Waals surface area contributed by atoms with Gasteiger partial charge < -0.3 is 10.2 Å². The Kier molecular flexibility index (Phi) is 9.15. The molecule has 0 fully saturated rings. The number of aliphatic hydroxyl groups excluding tert-OH is 1. The third-order valence-electron chi connectivity index (χ3n) is 5.34. The summed E-state index contributed by atoms with van der Waals surface area (Å²) in [5.74, 6) is -0.684. The number of carboxylic acids is 1. The van der Waals surface area contributed by atoms with E-state index in [0.29, 0.717) is 6.42 Å². The fraction of sp³-hybridized carbons (Fsp3) is 0.500. The number of aliphatic hydroxyl groups is 1. The summed E-state index contributed by atoms with van der Waals surface area (Å²) in [6.45, 7) is 2.15. The number of aliphatic carboxylic acids is 1. The van der Waals surface area contributed by atoms with E-state index in [-0.39, 0.29) is 24.0 Å². The van der Waals surface area contributed by atoms with Crippen molar-refractivity contribution in [1.82, 2.24) is 0 Å². The molecule has 2 N–H and O–H groups in total. The van der Waals surface area contributed by atoms with Crippen LogP contribution in [-0.2, 0) is 9.59 Å². The number of carboxylic acid groups (broad SMARTS) is 1. The molecule has 0 heterocycles. The van der Waals surface area contributed by atoms with Crippen LogP contribution in [0.25, 0.3) is 0 Å². The molecule has 4 heteroatoms. The maximum Gasteiger partial charge on any atom is 0.303 e. The van der Waals surface area contributed by atoms with Crippen molar-refractivity contribution in [3.05, 3.63) is 59.7 Å². The first-order valence-electron chi connectivity index (χ1n) is 10.4. The molecule has 1 aliphatic carbocycles. The van der Waals surface area contributed by atoms with E-state index in [1.54, 1.807) is 6.08 Å². The predicted molar refractivity (Wildman–Crippen MR) is 111 cm³/mol. The van der Waals surface area contributed by atoms with E-state index in [1.165, 1.54) is 0 Å². The van der Waals surface area contributed by atoms with E-state index in [0.717, 1.165) is 49.7 Å². The van der Waals surface area contributed by atoms with E-state index in [2.05, 4.69) is 6.92 Å². The molecule has 0 radical (unpaired) electrons. The molecule has 0 aromatic heterocycles. The van der Waals surface area contributed by atoms with Gasteiger partial charge in [0.2, 0.25) is 0 Å². The minimum absolute atomic E-state index is 0.125. The van der Waals surface area contributed by atoms with Crippen LogP contribution in [0, 0.1) is 5.92 Å². The number of hydrogen-bond donors (Lipinski definition) is 2. The van der Waals surface area contributed by atoms with Gasteiger partial charge in [-0.3, -0.25) is 9.59 Å². The summed E-state index contributed by atoms with van der Waals surface area (Å²) in [7, 11) is 0. The van der Waals surface area contributed by atoms with Gasteiger partial charge in [0.15, 0.2) is 5.78 Å². The topological polar surface area (TPSA) is 74.6 Å². The van der Waals surface area contributed by atoms with E-state index < -0.39 is 12.1 Å². The molecule has 152 valence electrons. The molecular formula is C24H32O4. The zero-order chi connectivity index (χ0) is 20.4. The van der Waals surface area contributed by atoms with Gasteiger partial charge in [0.1, 0.15) is 0 Å². The molecule has 1 aromatic rings. The lowest BCUT2D eigenvalue weighted by molar-refractivity contribution is -0.137. The molecule has 4 nitrogen and oxygen atoms in total. The molecule has 1 unspecified atom stereocenters. The van der Waals surface area contributed by atoms with Crippen molar-refractivity contribution in [3.63, 3.8) is 0 Å². The maximum atomic E-state index is 12.4. The fourth-order valence-electron chi connectivity index (χ4n) is 3.69. The van der Waals surface area contributed by atoms with Crippen LogP contribution < -0.4 is 0 Å². The van der Waals surface area contributed by atoms with E-state index in [1.807, 2.05) is 42.5 Å². The average molecular weight is 385 g/mol. The Bertz CT molecular complexity index is 687. The molecule has 0 saturated carbocycles. The number of carbonyl (C=O) groups excluding carboxylic acids is 1. The van der Waals surface area contributed by atoms with Crippen LogP contribution in [0.1, 0.15) is 81.4 Å².